The van der Waals surface area contributed by atoms with E-state index in [0.29, 0.717) is 17.4 Å². The minimum absolute atomic E-state index is 0.0134. The SMILES string of the molecule is O=C(Nc1ccc(NCCc2cccc(Cl)c2)cn1)c1ccc(F)c(F)c1. The number of hydrogen-bond acceptors (Lipinski definition) is 3. The fourth-order valence-corrected chi connectivity index (χ4v) is 2.65. The van der Waals surface area contributed by atoms with Gasteiger partial charge in [-0.15, -0.1) is 0 Å². The maximum Gasteiger partial charge on any atom is 0.256 e. The van der Waals surface area contributed by atoms with Crippen molar-refractivity contribution in [3.05, 3.63) is 88.6 Å². The number of nitrogens with zero attached hydrogens (tertiary/aromatic N) is 1. The molecule has 0 spiro atoms. The molecular formula is C20H16ClF2N3O. The van der Waals surface area contributed by atoms with Crippen LogP contribution in [-0.4, -0.2) is 17.4 Å². The van der Waals surface area contributed by atoms with E-state index < -0.39 is 17.5 Å². The van der Waals surface area contributed by atoms with Gasteiger partial charge < -0.3 is 10.6 Å². The van der Waals surface area contributed by atoms with E-state index >= 15 is 0 Å². The summed E-state index contributed by atoms with van der Waals surface area (Å²) >= 11 is 5.96. The molecular weight excluding hydrogens is 372 g/mol. The molecule has 3 rings (SSSR count). The molecule has 2 N–H and O–H groups in total. The highest BCUT2D eigenvalue weighted by Gasteiger charge is 2.10. The molecule has 0 radical (unpaired) electrons. The fraction of sp³-hybridized carbons (Fsp3) is 0.100. The first kappa shape index (κ1) is 18.8. The van der Waals surface area contributed by atoms with Crippen molar-refractivity contribution in [3.63, 3.8) is 0 Å². The van der Waals surface area contributed by atoms with Crippen LogP contribution >= 0.6 is 11.6 Å². The summed E-state index contributed by atoms with van der Waals surface area (Å²) in [5.74, 6) is -2.33. The molecule has 0 aliphatic rings. The third kappa shape index (κ3) is 5.24. The first-order valence-electron chi connectivity index (χ1n) is 8.22. The molecule has 0 fully saturated rings. The van der Waals surface area contributed by atoms with Crippen LogP contribution in [0, 0.1) is 11.6 Å². The third-order valence-electron chi connectivity index (χ3n) is 3.82. The minimum Gasteiger partial charge on any atom is -0.383 e. The Morgan fingerprint density at radius 1 is 1.04 bits per heavy atom. The fourth-order valence-electron chi connectivity index (χ4n) is 2.44. The van der Waals surface area contributed by atoms with Crippen molar-refractivity contribution in [2.45, 2.75) is 6.42 Å². The quantitative estimate of drug-likeness (QED) is 0.631. The molecule has 0 atom stereocenters. The molecule has 1 heterocycles. The maximum absolute atomic E-state index is 13.2. The van der Waals surface area contributed by atoms with Crippen LogP contribution in [-0.2, 0) is 6.42 Å². The van der Waals surface area contributed by atoms with Crippen LogP contribution in [0.5, 0.6) is 0 Å². The third-order valence-corrected chi connectivity index (χ3v) is 4.05. The second-order valence-corrected chi connectivity index (χ2v) is 6.26. The average molecular weight is 388 g/mol. The van der Waals surface area contributed by atoms with Crippen LogP contribution in [0.2, 0.25) is 5.02 Å². The Labute approximate surface area is 160 Å². The van der Waals surface area contributed by atoms with Crippen molar-refractivity contribution in [3.8, 4) is 0 Å². The molecule has 27 heavy (non-hydrogen) atoms. The lowest BCUT2D eigenvalue weighted by molar-refractivity contribution is 0.102. The van der Waals surface area contributed by atoms with Crippen molar-refractivity contribution < 1.29 is 13.6 Å². The normalized spacial score (nSPS) is 10.5. The van der Waals surface area contributed by atoms with Gasteiger partial charge in [0.05, 0.1) is 11.9 Å². The first-order valence-corrected chi connectivity index (χ1v) is 8.60. The smallest absolute Gasteiger partial charge is 0.256 e. The van der Waals surface area contributed by atoms with Crippen molar-refractivity contribution >= 4 is 29.0 Å². The van der Waals surface area contributed by atoms with E-state index in [-0.39, 0.29) is 5.56 Å². The van der Waals surface area contributed by atoms with Gasteiger partial charge in [0.25, 0.3) is 5.91 Å². The number of benzene rings is 2. The first-order chi connectivity index (χ1) is 13.0. The van der Waals surface area contributed by atoms with E-state index in [2.05, 4.69) is 15.6 Å². The average Bonchev–Trinajstić information content (AvgIpc) is 2.65. The summed E-state index contributed by atoms with van der Waals surface area (Å²) in [6, 6.07) is 14.0. The summed E-state index contributed by atoms with van der Waals surface area (Å²) in [6.45, 7) is 0.697. The van der Waals surface area contributed by atoms with E-state index in [0.717, 1.165) is 29.8 Å². The number of halogens is 3. The largest absolute Gasteiger partial charge is 0.383 e. The number of nitrogens with one attached hydrogen (secondary N) is 2. The Balaban J connectivity index is 1.53. The van der Waals surface area contributed by atoms with Gasteiger partial charge in [0.15, 0.2) is 11.6 Å². The zero-order chi connectivity index (χ0) is 19.2. The Hall–Kier alpha value is -2.99. The Morgan fingerprint density at radius 2 is 1.89 bits per heavy atom. The monoisotopic (exact) mass is 387 g/mol. The van der Waals surface area contributed by atoms with Crippen molar-refractivity contribution in [2.75, 3.05) is 17.2 Å². The molecule has 1 amide bonds. The highest BCUT2D eigenvalue weighted by atomic mass is 35.5. The van der Waals surface area contributed by atoms with Crippen LogP contribution < -0.4 is 10.6 Å². The number of rotatable bonds is 6. The number of anilines is 2. The maximum atomic E-state index is 13.2. The number of amides is 1. The van der Waals surface area contributed by atoms with Gasteiger partial charge >= 0.3 is 0 Å². The lowest BCUT2D eigenvalue weighted by Gasteiger charge is -2.08. The molecule has 0 unspecified atom stereocenters. The number of carbonyl (C=O) groups is 1. The zero-order valence-corrected chi connectivity index (χ0v) is 14.9. The highest BCUT2D eigenvalue weighted by molar-refractivity contribution is 6.30. The van der Waals surface area contributed by atoms with Gasteiger partial charge in [0.2, 0.25) is 0 Å². The van der Waals surface area contributed by atoms with Gasteiger partial charge in [-0.05, 0) is 54.4 Å². The number of carbonyl (C=O) groups excluding carboxylic acids is 1. The van der Waals surface area contributed by atoms with Crippen LogP contribution in [0.1, 0.15) is 15.9 Å². The molecule has 3 aromatic rings. The molecule has 4 nitrogen and oxygen atoms in total. The van der Waals surface area contributed by atoms with E-state index in [1.54, 1.807) is 18.3 Å². The molecule has 0 aliphatic heterocycles. The van der Waals surface area contributed by atoms with E-state index in [1.165, 1.54) is 6.07 Å². The molecule has 0 bridgehead atoms. The van der Waals surface area contributed by atoms with E-state index in [1.807, 2.05) is 24.3 Å². The Bertz CT molecular complexity index is 948. The lowest BCUT2D eigenvalue weighted by Crippen LogP contribution is -2.13. The summed E-state index contributed by atoms with van der Waals surface area (Å²) in [7, 11) is 0. The summed E-state index contributed by atoms with van der Waals surface area (Å²) in [4.78, 5) is 16.2. The number of hydrogen-bond donors (Lipinski definition) is 2. The molecule has 0 saturated heterocycles. The summed E-state index contributed by atoms with van der Waals surface area (Å²) < 4.78 is 26.1. The van der Waals surface area contributed by atoms with Gasteiger partial charge in [0.1, 0.15) is 5.82 Å². The topological polar surface area (TPSA) is 54.0 Å². The van der Waals surface area contributed by atoms with E-state index in [9.17, 15) is 13.6 Å². The second kappa shape index (κ2) is 8.60. The summed E-state index contributed by atoms with van der Waals surface area (Å²) in [5, 5.41) is 6.47. The molecule has 2 aromatic carbocycles. The predicted octanol–water partition coefficient (Wildman–Crippen LogP) is 4.92. The van der Waals surface area contributed by atoms with Gasteiger partial charge in [-0.1, -0.05) is 23.7 Å². The van der Waals surface area contributed by atoms with Gasteiger partial charge in [-0.25, -0.2) is 13.8 Å². The number of pyridine rings is 1. The van der Waals surface area contributed by atoms with Gasteiger partial charge in [0, 0.05) is 17.1 Å². The van der Waals surface area contributed by atoms with Crippen LogP contribution in [0.4, 0.5) is 20.3 Å². The van der Waals surface area contributed by atoms with Crippen LogP contribution in [0.15, 0.2) is 60.8 Å². The summed E-state index contributed by atoms with van der Waals surface area (Å²) in [6.07, 6.45) is 2.38. The lowest BCUT2D eigenvalue weighted by atomic mass is 10.1. The minimum atomic E-state index is -1.07. The van der Waals surface area contributed by atoms with Crippen molar-refractivity contribution in [1.82, 2.24) is 4.98 Å². The standard InChI is InChI=1S/C20H16ClF2N3O/c21-15-3-1-2-13(10-15)8-9-24-16-5-7-19(25-12-16)26-20(27)14-4-6-17(22)18(23)11-14/h1-7,10-12,24H,8-9H2,(H,25,26,27). The van der Waals surface area contributed by atoms with Crippen molar-refractivity contribution in [1.29, 1.82) is 0 Å². The van der Waals surface area contributed by atoms with Crippen LogP contribution in [0.25, 0.3) is 0 Å². The zero-order valence-electron chi connectivity index (χ0n) is 14.2. The second-order valence-electron chi connectivity index (χ2n) is 5.82. The Morgan fingerprint density at radius 3 is 2.59 bits per heavy atom. The molecule has 0 aliphatic carbocycles. The highest BCUT2D eigenvalue weighted by Crippen LogP contribution is 2.14. The Kier molecular flexibility index (Phi) is 5.98. The van der Waals surface area contributed by atoms with E-state index in [4.69, 9.17) is 11.6 Å². The predicted molar refractivity (Wildman–Crippen MR) is 102 cm³/mol. The number of aromatic nitrogens is 1. The van der Waals surface area contributed by atoms with Crippen LogP contribution in [0.3, 0.4) is 0 Å². The van der Waals surface area contributed by atoms with Gasteiger partial charge in [-0.2, -0.15) is 0 Å². The molecule has 7 heteroatoms. The van der Waals surface area contributed by atoms with Gasteiger partial charge in [-0.3, -0.25) is 4.79 Å². The molecule has 1 aromatic heterocycles. The molecule has 138 valence electrons. The van der Waals surface area contributed by atoms with Crippen molar-refractivity contribution in [2.24, 2.45) is 0 Å². The molecule has 0 saturated carbocycles. The summed E-state index contributed by atoms with van der Waals surface area (Å²) in [5.41, 5.74) is 1.93.